The maximum Gasteiger partial charge on any atom is 0.214 e. The summed E-state index contributed by atoms with van der Waals surface area (Å²) in [6.07, 6.45) is 3.42. The first-order valence-electron chi connectivity index (χ1n) is 6.18. The second-order valence-corrected chi connectivity index (χ2v) is 5.24. The second kappa shape index (κ2) is 5.47. The van der Waals surface area contributed by atoms with Crippen molar-refractivity contribution in [3.05, 3.63) is 51.7 Å². The average Bonchev–Trinajstić information content (AvgIpc) is 2.97. The minimum atomic E-state index is -0.323. The van der Waals surface area contributed by atoms with Gasteiger partial charge in [-0.1, -0.05) is 23.2 Å². The highest BCUT2D eigenvalue weighted by Gasteiger charge is 2.27. The maximum absolute atomic E-state index is 12.6. The molecule has 0 saturated carbocycles. The summed E-state index contributed by atoms with van der Waals surface area (Å²) in [5.41, 5.74) is 2.03. The second-order valence-electron chi connectivity index (χ2n) is 4.46. The number of ketones is 1. The van der Waals surface area contributed by atoms with E-state index in [1.165, 1.54) is 7.11 Å². The number of dihydropyridines is 1. The smallest absolute Gasteiger partial charge is 0.214 e. The lowest BCUT2D eigenvalue weighted by atomic mass is 10.00. The van der Waals surface area contributed by atoms with Gasteiger partial charge in [0.15, 0.2) is 0 Å². The number of rotatable bonds is 3. The first-order valence-corrected chi connectivity index (χ1v) is 6.94. The van der Waals surface area contributed by atoms with Crippen LogP contribution in [-0.4, -0.2) is 30.9 Å². The summed E-state index contributed by atoms with van der Waals surface area (Å²) in [6.45, 7) is 0.335. The summed E-state index contributed by atoms with van der Waals surface area (Å²) in [5, 5.41) is 0.636. The fourth-order valence-electron chi connectivity index (χ4n) is 2.15. The molecular formula is C15H10Cl2N2O2. The summed E-state index contributed by atoms with van der Waals surface area (Å²) < 4.78 is 5.12. The topological polar surface area (TPSA) is 51.0 Å². The Morgan fingerprint density at radius 3 is 2.90 bits per heavy atom. The number of Topliss-reactive ketones (excluding diaryl/α,β-unsaturated/α-hetero) is 1. The van der Waals surface area contributed by atoms with Crippen LogP contribution in [0, 0.1) is 0 Å². The molecule has 0 unspecified atom stereocenters. The minimum absolute atomic E-state index is 0.201. The highest BCUT2D eigenvalue weighted by atomic mass is 35.5. The van der Waals surface area contributed by atoms with Crippen molar-refractivity contribution in [3.8, 4) is 5.75 Å². The number of aliphatic imine (C=N–C) groups is 2. The standard InChI is InChI=1S/C15H10Cl2N2O2/c1-21-8-2-3-11(16)10(6-8)15(20)14-13(17)9-4-5-18-12(9)7-19-14/h2-6H,7H2,1H3. The van der Waals surface area contributed by atoms with Gasteiger partial charge in [0, 0.05) is 17.3 Å². The van der Waals surface area contributed by atoms with Gasteiger partial charge in [0.25, 0.3) is 0 Å². The molecule has 0 saturated heterocycles. The van der Waals surface area contributed by atoms with Crippen LogP contribution >= 0.6 is 23.2 Å². The zero-order valence-corrected chi connectivity index (χ0v) is 12.6. The third kappa shape index (κ3) is 2.41. The summed E-state index contributed by atoms with van der Waals surface area (Å²) in [4.78, 5) is 21.0. The van der Waals surface area contributed by atoms with Gasteiger partial charge in [0.2, 0.25) is 5.78 Å². The van der Waals surface area contributed by atoms with E-state index in [4.69, 9.17) is 27.9 Å². The van der Waals surface area contributed by atoms with Gasteiger partial charge >= 0.3 is 0 Å². The van der Waals surface area contributed by atoms with E-state index in [0.29, 0.717) is 27.9 Å². The molecule has 4 nitrogen and oxygen atoms in total. The van der Waals surface area contributed by atoms with E-state index in [1.807, 2.05) is 0 Å². The van der Waals surface area contributed by atoms with Crippen LogP contribution < -0.4 is 4.74 Å². The number of nitrogens with zero attached hydrogens (tertiary/aromatic N) is 2. The van der Waals surface area contributed by atoms with E-state index in [-0.39, 0.29) is 11.5 Å². The van der Waals surface area contributed by atoms with Crippen LogP contribution in [0.25, 0.3) is 0 Å². The molecule has 0 N–H and O–H groups in total. The van der Waals surface area contributed by atoms with Crippen molar-refractivity contribution in [3.63, 3.8) is 0 Å². The minimum Gasteiger partial charge on any atom is -0.497 e. The number of fused-ring (bicyclic) bond motifs is 1. The molecule has 0 fully saturated rings. The number of hydrogen-bond acceptors (Lipinski definition) is 4. The van der Waals surface area contributed by atoms with E-state index in [2.05, 4.69) is 9.98 Å². The zero-order chi connectivity index (χ0) is 15.0. The SMILES string of the molecule is COc1ccc(Cl)c(C(=O)C2=NCC3=NC=CC3=C2Cl)c1. The summed E-state index contributed by atoms with van der Waals surface area (Å²) in [6, 6.07) is 4.88. The average molecular weight is 321 g/mol. The Bertz CT molecular complexity index is 761. The maximum atomic E-state index is 12.6. The van der Waals surface area contributed by atoms with E-state index >= 15 is 0 Å². The monoisotopic (exact) mass is 320 g/mol. The van der Waals surface area contributed by atoms with Gasteiger partial charge in [-0.15, -0.1) is 0 Å². The molecule has 0 aliphatic carbocycles. The molecule has 0 amide bonds. The third-order valence-corrected chi connectivity index (χ3v) is 3.96. The highest BCUT2D eigenvalue weighted by Crippen LogP contribution is 2.28. The van der Waals surface area contributed by atoms with Gasteiger partial charge in [0.05, 0.1) is 29.4 Å². The molecule has 0 spiro atoms. The van der Waals surface area contributed by atoms with E-state index < -0.39 is 0 Å². The van der Waals surface area contributed by atoms with Crippen molar-refractivity contribution >= 4 is 40.4 Å². The van der Waals surface area contributed by atoms with Crippen LogP contribution in [0.5, 0.6) is 5.75 Å². The van der Waals surface area contributed by atoms with Crippen LogP contribution in [0.3, 0.4) is 0 Å². The molecule has 0 radical (unpaired) electrons. The lowest BCUT2D eigenvalue weighted by Crippen LogP contribution is -2.23. The van der Waals surface area contributed by atoms with Gasteiger partial charge in [-0.3, -0.25) is 14.8 Å². The lowest BCUT2D eigenvalue weighted by molar-refractivity contribution is 0.106. The molecule has 21 heavy (non-hydrogen) atoms. The van der Waals surface area contributed by atoms with Crippen molar-refractivity contribution in [2.75, 3.05) is 13.7 Å². The third-order valence-electron chi connectivity index (χ3n) is 3.25. The number of carbonyl (C=O) groups excluding carboxylic acids is 1. The van der Waals surface area contributed by atoms with Crippen molar-refractivity contribution in [1.82, 2.24) is 0 Å². The molecule has 1 aromatic carbocycles. The molecule has 1 aromatic rings. The lowest BCUT2D eigenvalue weighted by Gasteiger charge is -2.14. The summed E-state index contributed by atoms with van der Waals surface area (Å²) in [5.74, 6) is 0.224. The fourth-order valence-corrected chi connectivity index (χ4v) is 2.67. The number of methoxy groups -OCH3 is 1. The van der Waals surface area contributed by atoms with Crippen molar-refractivity contribution in [1.29, 1.82) is 0 Å². The van der Waals surface area contributed by atoms with Crippen LogP contribution in [0.15, 0.2) is 51.1 Å². The van der Waals surface area contributed by atoms with Gasteiger partial charge in [0.1, 0.15) is 11.5 Å². The molecule has 0 bridgehead atoms. The van der Waals surface area contributed by atoms with E-state index in [9.17, 15) is 4.79 Å². The Balaban J connectivity index is 2.02. The predicted molar refractivity (Wildman–Crippen MR) is 84.1 cm³/mol. The van der Waals surface area contributed by atoms with E-state index in [0.717, 1.165) is 11.3 Å². The Morgan fingerprint density at radius 2 is 2.14 bits per heavy atom. The summed E-state index contributed by atoms with van der Waals surface area (Å²) in [7, 11) is 1.52. The Hall–Kier alpha value is -1.91. The van der Waals surface area contributed by atoms with E-state index in [1.54, 1.807) is 30.5 Å². The Kier molecular flexibility index (Phi) is 3.66. The largest absolute Gasteiger partial charge is 0.497 e. The molecule has 0 aromatic heterocycles. The molecule has 2 heterocycles. The van der Waals surface area contributed by atoms with Crippen LogP contribution in [0.1, 0.15) is 10.4 Å². The molecular weight excluding hydrogens is 311 g/mol. The van der Waals surface area contributed by atoms with Gasteiger partial charge < -0.3 is 4.74 Å². The predicted octanol–water partition coefficient (Wildman–Crippen LogP) is 3.45. The van der Waals surface area contributed by atoms with Crippen molar-refractivity contribution < 1.29 is 9.53 Å². The number of allylic oxidation sites excluding steroid dienone is 2. The van der Waals surface area contributed by atoms with Crippen LogP contribution in [-0.2, 0) is 0 Å². The summed E-state index contributed by atoms with van der Waals surface area (Å²) >= 11 is 12.4. The first kappa shape index (κ1) is 14.0. The molecule has 2 aliphatic heterocycles. The number of benzene rings is 1. The molecule has 2 aliphatic rings. The van der Waals surface area contributed by atoms with Crippen LogP contribution in [0.2, 0.25) is 5.02 Å². The van der Waals surface area contributed by atoms with Gasteiger partial charge in [-0.25, -0.2) is 0 Å². The van der Waals surface area contributed by atoms with Gasteiger partial charge in [-0.2, -0.15) is 0 Å². The van der Waals surface area contributed by atoms with Crippen LogP contribution in [0.4, 0.5) is 0 Å². The number of ether oxygens (including phenoxy) is 1. The van der Waals surface area contributed by atoms with Gasteiger partial charge in [-0.05, 0) is 24.3 Å². The van der Waals surface area contributed by atoms with Crippen molar-refractivity contribution in [2.45, 2.75) is 0 Å². The molecule has 106 valence electrons. The molecule has 3 rings (SSSR count). The molecule has 6 heteroatoms. The fraction of sp³-hybridized carbons (Fsp3) is 0.133. The first-order chi connectivity index (χ1) is 10.1. The number of hydrogen-bond donors (Lipinski definition) is 0. The Labute approximate surface area is 131 Å². The normalized spacial score (nSPS) is 16.5. The number of carbonyl (C=O) groups is 1. The highest BCUT2D eigenvalue weighted by molar-refractivity contribution is 6.65. The quantitative estimate of drug-likeness (QED) is 0.801. The molecule has 0 atom stereocenters. The van der Waals surface area contributed by atoms with Crippen molar-refractivity contribution in [2.24, 2.45) is 9.98 Å². The zero-order valence-electron chi connectivity index (χ0n) is 11.1. The number of halogens is 2. The Morgan fingerprint density at radius 1 is 1.33 bits per heavy atom.